The van der Waals surface area contributed by atoms with E-state index in [0.717, 1.165) is 18.0 Å². The predicted molar refractivity (Wildman–Crippen MR) is 74.9 cm³/mol. The van der Waals surface area contributed by atoms with E-state index in [1.54, 1.807) is 11.3 Å². The molecule has 0 unspecified atom stereocenters. The summed E-state index contributed by atoms with van der Waals surface area (Å²) < 4.78 is 0. The summed E-state index contributed by atoms with van der Waals surface area (Å²) in [6, 6.07) is 3.87. The van der Waals surface area contributed by atoms with Crippen LogP contribution < -0.4 is 0 Å². The molecule has 0 radical (unpaired) electrons. The molecule has 0 spiro atoms. The zero-order chi connectivity index (χ0) is 12.5. The minimum Gasteiger partial charge on any atom is -0.296 e. The molecule has 1 rings (SSSR count). The van der Waals surface area contributed by atoms with E-state index < -0.39 is 0 Å². The summed E-state index contributed by atoms with van der Waals surface area (Å²) in [6.45, 7) is 7.07. The second-order valence-electron chi connectivity index (χ2n) is 4.38. The largest absolute Gasteiger partial charge is 0.296 e. The minimum atomic E-state index is 0.271. The van der Waals surface area contributed by atoms with Crippen molar-refractivity contribution in [1.82, 2.24) is 4.90 Å². The van der Waals surface area contributed by atoms with Crippen LogP contribution in [-0.4, -0.2) is 30.3 Å². The van der Waals surface area contributed by atoms with Gasteiger partial charge >= 0.3 is 0 Å². The van der Waals surface area contributed by atoms with Crippen LogP contribution in [0.3, 0.4) is 0 Å². The molecule has 1 heterocycles. The Morgan fingerprint density at radius 2 is 1.88 bits per heavy atom. The Kier molecular flexibility index (Phi) is 7.13. The van der Waals surface area contributed by atoms with Gasteiger partial charge in [-0.1, -0.05) is 32.8 Å². The summed E-state index contributed by atoms with van der Waals surface area (Å²) in [6.07, 6.45) is 4.74. The molecule has 0 N–H and O–H groups in total. The Hall–Kier alpha value is -0.670. The van der Waals surface area contributed by atoms with Crippen LogP contribution in [0.1, 0.15) is 49.2 Å². The Morgan fingerprint density at radius 3 is 2.35 bits per heavy atom. The molecule has 0 bridgehead atoms. The maximum atomic E-state index is 12.0. The van der Waals surface area contributed by atoms with Crippen molar-refractivity contribution in [2.45, 2.75) is 39.5 Å². The first-order valence-corrected chi connectivity index (χ1v) is 7.45. The minimum absolute atomic E-state index is 0.271. The lowest BCUT2D eigenvalue weighted by molar-refractivity contribution is 0.0932. The number of carbonyl (C=O) groups is 1. The molecule has 0 aromatic carbocycles. The van der Waals surface area contributed by atoms with Crippen molar-refractivity contribution in [2.75, 3.05) is 19.6 Å². The molecule has 0 amide bonds. The fourth-order valence-corrected chi connectivity index (χ4v) is 2.41. The van der Waals surface area contributed by atoms with E-state index in [1.807, 2.05) is 17.5 Å². The average Bonchev–Trinajstić information content (AvgIpc) is 2.86. The number of thiophene rings is 1. The number of unbranched alkanes of at least 4 members (excludes halogenated alkanes) is 2. The van der Waals surface area contributed by atoms with Crippen LogP contribution in [-0.2, 0) is 0 Å². The highest BCUT2D eigenvalue weighted by Gasteiger charge is 2.12. The molecule has 0 saturated carbocycles. The molecule has 96 valence electrons. The SMILES string of the molecule is CCCCN(CCCC)CC(=O)c1cccs1. The van der Waals surface area contributed by atoms with E-state index in [2.05, 4.69) is 18.7 Å². The van der Waals surface area contributed by atoms with Crippen LogP contribution >= 0.6 is 11.3 Å². The van der Waals surface area contributed by atoms with Crippen molar-refractivity contribution in [3.63, 3.8) is 0 Å². The van der Waals surface area contributed by atoms with Crippen LogP contribution in [0.4, 0.5) is 0 Å². The molecule has 0 fully saturated rings. The van der Waals surface area contributed by atoms with Crippen LogP contribution in [0.2, 0.25) is 0 Å². The highest BCUT2D eigenvalue weighted by atomic mass is 32.1. The number of hydrogen-bond donors (Lipinski definition) is 0. The summed E-state index contributed by atoms with van der Waals surface area (Å²) in [5.74, 6) is 0.271. The first-order chi connectivity index (χ1) is 8.27. The van der Waals surface area contributed by atoms with Crippen molar-refractivity contribution in [3.05, 3.63) is 22.4 Å². The lowest BCUT2D eigenvalue weighted by Crippen LogP contribution is -2.31. The number of hydrogen-bond acceptors (Lipinski definition) is 3. The van der Waals surface area contributed by atoms with E-state index >= 15 is 0 Å². The summed E-state index contributed by atoms with van der Waals surface area (Å²) >= 11 is 1.54. The molecule has 1 aromatic rings. The van der Waals surface area contributed by atoms with Gasteiger partial charge in [0, 0.05) is 0 Å². The number of Topliss-reactive ketones (excluding diaryl/α,β-unsaturated/α-hetero) is 1. The van der Waals surface area contributed by atoms with Crippen molar-refractivity contribution in [1.29, 1.82) is 0 Å². The quantitative estimate of drug-likeness (QED) is 0.623. The Labute approximate surface area is 109 Å². The zero-order valence-corrected chi connectivity index (χ0v) is 11.8. The molecule has 0 atom stereocenters. The average molecular weight is 253 g/mol. The van der Waals surface area contributed by atoms with Crippen LogP contribution in [0.15, 0.2) is 17.5 Å². The lowest BCUT2D eigenvalue weighted by atomic mass is 10.2. The van der Waals surface area contributed by atoms with E-state index in [1.165, 1.54) is 25.7 Å². The van der Waals surface area contributed by atoms with E-state index in [-0.39, 0.29) is 5.78 Å². The van der Waals surface area contributed by atoms with Crippen molar-refractivity contribution in [3.8, 4) is 0 Å². The second-order valence-corrected chi connectivity index (χ2v) is 5.33. The number of nitrogens with zero attached hydrogens (tertiary/aromatic N) is 1. The van der Waals surface area contributed by atoms with Crippen LogP contribution in [0.5, 0.6) is 0 Å². The molecule has 0 aliphatic carbocycles. The van der Waals surface area contributed by atoms with E-state index in [9.17, 15) is 4.79 Å². The number of rotatable bonds is 9. The molecule has 1 aromatic heterocycles. The van der Waals surface area contributed by atoms with Gasteiger partial charge in [0.05, 0.1) is 11.4 Å². The fourth-order valence-electron chi connectivity index (χ4n) is 1.75. The van der Waals surface area contributed by atoms with Crippen molar-refractivity contribution >= 4 is 17.1 Å². The predicted octanol–water partition coefficient (Wildman–Crippen LogP) is 3.83. The van der Waals surface area contributed by atoms with Gasteiger partial charge in [-0.15, -0.1) is 11.3 Å². The number of carbonyl (C=O) groups excluding carboxylic acids is 1. The molecular formula is C14H23NOS. The van der Waals surface area contributed by atoms with Gasteiger partial charge < -0.3 is 0 Å². The van der Waals surface area contributed by atoms with E-state index in [0.29, 0.717) is 6.54 Å². The smallest absolute Gasteiger partial charge is 0.186 e. The molecule has 3 heteroatoms. The van der Waals surface area contributed by atoms with Crippen molar-refractivity contribution in [2.24, 2.45) is 0 Å². The van der Waals surface area contributed by atoms with Gasteiger partial charge in [0.2, 0.25) is 0 Å². The maximum absolute atomic E-state index is 12.0. The molecule has 0 aliphatic heterocycles. The highest BCUT2D eigenvalue weighted by Crippen LogP contribution is 2.10. The Bertz CT molecular complexity index is 300. The zero-order valence-electron chi connectivity index (χ0n) is 10.9. The summed E-state index contributed by atoms with van der Waals surface area (Å²) in [4.78, 5) is 15.2. The van der Waals surface area contributed by atoms with Gasteiger partial charge in [-0.05, 0) is 37.4 Å². The fraction of sp³-hybridized carbons (Fsp3) is 0.643. The van der Waals surface area contributed by atoms with Gasteiger partial charge in [-0.2, -0.15) is 0 Å². The lowest BCUT2D eigenvalue weighted by Gasteiger charge is -2.20. The Morgan fingerprint density at radius 1 is 1.24 bits per heavy atom. The molecule has 0 saturated heterocycles. The number of ketones is 1. The highest BCUT2D eigenvalue weighted by molar-refractivity contribution is 7.12. The van der Waals surface area contributed by atoms with Crippen LogP contribution in [0.25, 0.3) is 0 Å². The maximum Gasteiger partial charge on any atom is 0.186 e. The molecular weight excluding hydrogens is 230 g/mol. The monoisotopic (exact) mass is 253 g/mol. The Balaban J connectivity index is 2.43. The topological polar surface area (TPSA) is 20.3 Å². The summed E-state index contributed by atoms with van der Waals surface area (Å²) in [5, 5.41) is 1.97. The van der Waals surface area contributed by atoms with Gasteiger partial charge in [-0.25, -0.2) is 0 Å². The second kappa shape index (κ2) is 8.43. The summed E-state index contributed by atoms with van der Waals surface area (Å²) in [7, 11) is 0. The van der Waals surface area contributed by atoms with E-state index in [4.69, 9.17) is 0 Å². The first kappa shape index (κ1) is 14.4. The third-order valence-corrected chi connectivity index (χ3v) is 3.73. The first-order valence-electron chi connectivity index (χ1n) is 6.57. The summed E-state index contributed by atoms with van der Waals surface area (Å²) in [5.41, 5.74) is 0. The standard InChI is InChI=1S/C14H23NOS/c1-3-5-9-15(10-6-4-2)12-13(16)14-8-7-11-17-14/h7-8,11H,3-6,9-10,12H2,1-2H3. The molecule has 2 nitrogen and oxygen atoms in total. The third-order valence-electron chi connectivity index (χ3n) is 2.82. The third kappa shape index (κ3) is 5.46. The molecule has 17 heavy (non-hydrogen) atoms. The van der Waals surface area contributed by atoms with Crippen LogP contribution in [0, 0.1) is 0 Å². The van der Waals surface area contributed by atoms with Gasteiger partial charge in [0.15, 0.2) is 5.78 Å². The van der Waals surface area contributed by atoms with Gasteiger partial charge in [0.1, 0.15) is 0 Å². The normalized spacial score (nSPS) is 11.0. The van der Waals surface area contributed by atoms with Gasteiger partial charge in [-0.3, -0.25) is 9.69 Å². The van der Waals surface area contributed by atoms with Crippen molar-refractivity contribution < 1.29 is 4.79 Å². The van der Waals surface area contributed by atoms with Gasteiger partial charge in [0.25, 0.3) is 0 Å². The molecule has 0 aliphatic rings.